The molecule has 3 unspecified atom stereocenters. The fraction of sp³-hybridized carbons (Fsp3) is 0.632. The van der Waals surface area contributed by atoms with Gasteiger partial charge in [-0.25, -0.2) is 0 Å². The minimum atomic E-state index is 0. The van der Waals surface area contributed by atoms with Crippen LogP contribution < -0.4 is 5.32 Å². The predicted molar refractivity (Wildman–Crippen MR) is 114 cm³/mol. The topological polar surface area (TPSA) is 30.9 Å². The lowest BCUT2D eigenvalue weighted by Gasteiger charge is -2.37. The number of nitrogens with zero attached hydrogens (tertiary/aromatic N) is 3. The number of benzene rings is 1. The number of nitrogens with one attached hydrogen (secondary N) is 1. The van der Waals surface area contributed by atoms with Gasteiger partial charge in [-0.1, -0.05) is 44.2 Å². The second-order valence-corrected chi connectivity index (χ2v) is 7.17. The largest absolute Gasteiger partial charge is 0.354 e. The zero-order chi connectivity index (χ0) is 16.8. The van der Waals surface area contributed by atoms with Gasteiger partial charge in [-0.2, -0.15) is 0 Å². The highest BCUT2D eigenvalue weighted by Crippen LogP contribution is 2.21. The van der Waals surface area contributed by atoms with Gasteiger partial charge in [-0.05, 0) is 37.9 Å². The molecule has 1 saturated heterocycles. The third-order valence-electron chi connectivity index (χ3n) is 4.64. The molecule has 0 radical (unpaired) electrons. The molecule has 5 heteroatoms. The number of hydrogen-bond donors (Lipinski definition) is 1. The van der Waals surface area contributed by atoms with Gasteiger partial charge in [-0.3, -0.25) is 4.99 Å². The Bertz CT molecular complexity index is 493. The molecule has 0 spiro atoms. The van der Waals surface area contributed by atoms with Crippen molar-refractivity contribution in [1.29, 1.82) is 0 Å². The van der Waals surface area contributed by atoms with Gasteiger partial charge in [0.05, 0.1) is 6.04 Å². The van der Waals surface area contributed by atoms with E-state index in [0.29, 0.717) is 6.04 Å². The molecule has 1 N–H and O–H groups in total. The second kappa shape index (κ2) is 10.2. The van der Waals surface area contributed by atoms with Gasteiger partial charge in [0, 0.05) is 26.7 Å². The maximum absolute atomic E-state index is 4.52. The Morgan fingerprint density at radius 2 is 1.79 bits per heavy atom. The second-order valence-electron chi connectivity index (χ2n) is 7.17. The number of hydrogen-bond acceptors (Lipinski definition) is 2. The molecule has 1 aliphatic rings. The van der Waals surface area contributed by atoms with Crippen LogP contribution in [0.5, 0.6) is 0 Å². The SMILES string of the molecule is CN=C(NCC(c1ccccc1)N(C)C)N1CC(C)CC(C)C1.I. The zero-order valence-corrected chi connectivity index (χ0v) is 18.0. The molecule has 1 aliphatic heterocycles. The molecule has 4 nitrogen and oxygen atoms in total. The Kier molecular flexibility index (Phi) is 9.05. The molecule has 0 saturated carbocycles. The quantitative estimate of drug-likeness (QED) is 0.439. The van der Waals surface area contributed by atoms with Crippen LogP contribution in [0.4, 0.5) is 0 Å². The maximum Gasteiger partial charge on any atom is 0.193 e. The molecule has 0 aromatic heterocycles. The van der Waals surface area contributed by atoms with E-state index in [0.717, 1.165) is 37.4 Å². The van der Waals surface area contributed by atoms with Crippen molar-refractivity contribution in [3.05, 3.63) is 35.9 Å². The number of halogens is 1. The lowest BCUT2D eigenvalue weighted by molar-refractivity contribution is 0.206. The summed E-state index contributed by atoms with van der Waals surface area (Å²) in [7, 11) is 6.15. The van der Waals surface area contributed by atoms with Crippen molar-refractivity contribution >= 4 is 29.9 Å². The van der Waals surface area contributed by atoms with Crippen molar-refractivity contribution in [3.63, 3.8) is 0 Å². The highest BCUT2D eigenvalue weighted by atomic mass is 127. The fourth-order valence-electron chi connectivity index (χ4n) is 3.63. The summed E-state index contributed by atoms with van der Waals surface area (Å²) >= 11 is 0. The van der Waals surface area contributed by atoms with E-state index in [-0.39, 0.29) is 24.0 Å². The minimum absolute atomic E-state index is 0. The first-order valence-electron chi connectivity index (χ1n) is 8.68. The summed E-state index contributed by atoms with van der Waals surface area (Å²) in [6, 6.07) is 11.0. The van der Waals surface area contributed by atoms with E-state index < -0.39 is 0 Å². The number of piperidine rings is 1. The van der Waals surface area contributed by atoms with Crippen LogP contribution in [0.15, 0.2) is 35.3 Å². The summed E-state index contributed by atoms with van der Waals surface area (Å²) in [5.74, 6) is 2.50. The summed E-state index contributed by atoms with van der Waals surface area (Å²) in [4.78, 5) is 9.19. The number of rotatable bonds is 4. The van der Waals surface area contributed by atoms with E-state index in [2.05, 4.69) is 78.4 Å². The maximum atomic E-state index is 4.52. The van der Waals surface area contributed by atoms with Crippen LogP contribution in [-0.4, -0.2) is 56.5 Å². The van der Waals surface area contributed by atoms with Gasteiger partial charge >= 0.3 is 0 Å². The Morgan fingerprint density at radius 3 is 2.29 bits per heavy atom. The van der Waals surface area contributed by atoms with Crippen LogP contribution in [0, 0.1) is 11.8 Å². The summed E-state index contributed by atoms with van der Waals surface area (Å²) in [6.45, 7) is 7.73. The lowest BCUT2D eigenvalue weighted by Crippen LogP contribution is -2.49. The van der Waals surface area contributed by atoms with E-state index in [1.54, 1.807) is 0 Å². The van der Waals surface area contributed by atoms with Gasteiger partial charge in [0.15, 0.2) is 5.96 Å². The predicted octanol–water partition coefficient (Wildman–Crippen LogP) is 3.46. The molecule has 136 valence electrons. The van der Waals surface area contributed by atoms with Crippen molar-refractivity contribution in [2.24, 2.45) is 16.8 Å². The molecule has 0 bridgehead atoms. The van der Waals surface area contributed by atoms with Gasteiger partial charge in [0.1, 0.15) is 0 Å². The molecule has 0 amide bonds. The summed E-state index contributed by atoms with van der Waals surface area (Å²) in [5, 5.41) is 3.59. The molecule has 2 rings (SSSR count). The molecule has 0 aliphatic carbocycles. The van der Waals surface area contributed by atoms with Crippen molar-refractivity contribution in [3.8, 4) is 0 Å². The summed E-state index contributed by atoms with van der Waals surface area (Å²) in [6.07, 6.45) is 1.32. The van der Waals surface area contributed by atoms with E-state index in [4.69, 9.17) is 0 Å². The lowest BCUT2D eigenvalue weighted by atomic mass is 9.92. The molecule has 3 atom stereocenters. The van der Waals surface area contributed by atoms with E-state index in [1.807, 2.05) is 7.05 Å². The van der Waals surface area contributed by atoms with E-state index in [9.17, 15) is 0 Å². The standard InChI is InChI=1S/C19H32N4.HI/c1-15-11-16(2)14-23(13-15)19(20-3)21-12-18(22(4)5)17-9-7-6-8-10-17;/h6-10,15-16,18H,11-14H2,1-5H3,(H,20,21);1H. The van der Waals surface area contributed by atoms with Crippen molar-refractivity contribution in [2.75, 3.05) is 40.8 Å². The van der Waals surface area contributed by atoms with Gasteiger partial charge in [-0.15, -0.1) is 24.0 Å². The average molecular weight is 444 g/mol. The van der Waals surface area contributed by atoms with E-state index >= 15 is 0 Å². The van der Waals surface area contributed by atoms with Crippen LogP contribution in [-0.2, 0) is 0 Å². The smallest absolute Gasteiger partial charge is 0.193 e. The molecular formula is C19H33IN4. The third-order valence-corrected chi connectivity index (χ3v) is 4.64. The molecule has 24 heavy (non-hydrogen) atoms. The van der Waals surface area contributed by atoms with Crippen LogP contribution in [0.1, 0.15) is 31.9 Å². The van der Waals surface area contributed by atoms with Crippen LogP contribution in [0.3, 0.4) is 0 Å². The molecule has 1 aromatic carbocycles. The monoisotopic (exact) mass is 444 g/mol. The van der Waals surface area contributed by atoms with Crippen LogP contribution >= 0.6 is 24.0 Å². The summed E-state index contributed by atoms with van der Waals surface area (Å²) < 4.78 is 0. The normalized spacial score (nSPS) is 22.9. The van der Waals surface area contributed by atoms with Crippen molar-refractivity contribution in [1.82, 2.24) is 15.1 Å². The zero-order valence-electron chi connectivity index (χ0n) is 15.7. The highest BCUT2D eigenvalue weighted by molar-refractivity contribution is 14.0. The summed E-state index contributed by atoms with van der Waals surface area (Å²) in [5.41, 5.74) is 1.33. The fourth-order valence-corrected chi connectivity index (χ4v) is 3.63. The van der Waals surface area contributed by atoms with Gasteiger partial charge < -0.3 is 15.1 Å². The van der Waals surface area contributed by atoms with E-state index in [1.165, 1.54) is 12.0 Å². The van der Waals surface area contributed by atoms with Crippen molar-refractivity contribution in [2.45, 2.75) is 26.3 Å². The first kappa shape index (κ1) is 21.2. The minimum Gasteiger partial charge on any atom is -0.354 e. The number of likely N-dealkylation sites (tertiary alicyclic amines) is 1. The van der Waals surface area contributed by atoms with Gasteiger partial charge in [0.25, 0.3) is 0 Å². The Balaban J connectivity index is 0.00000288. The van der Waals surface area contributed by atoms with Gasteiger partial charge in [0.2, 0.25) is 0 Å². The van der Waals surface area contributed by atoms with Crippen LogP contribution in [0.2, 0.25) is 0 Å². The number of guanidine groups is 1. The number of aliphatic imine (C=N–C) groups is 1. The Morgan fingerprint density at radius 1 is 1.21 bits per heavy atom. The molecule has 1 aromatic rings. The van der Waals surface area contributed by atoms with Crippen LogP contribution in [0.25, 0.3) is 0 Å². The molecular weight excluding hydrogens is 411 g/mol. The molecule has 1 heterocycles. The first-order chi connectivity index (χ1) is 11.0. The highest BCUT2D eigenvalue weighted by Gasteiger charge is 2.24. The average Bonchev–Trinajstić information content (AvgIpc) is 2.51. The Labute approximate surface area is 164 Å². The third kappa shape index (κ3) is 5.92. The van der Waals surface area contributed by atoms with Crippen molar-refractivity contribution < 1.29 is 0 Å². The first-order valence-corrected chi connectivity index (χ1v) is 8.68. The Hall–Kier alpha value is -0.820. The number of likely N-dealkylation sites (N-methyl/N-ethyl adjacent to an activating group) is 1. The molecule has 1 fully saturated rings.